The van der Waals surface area contributed by atoms with E-state index >= 15 is 0 Å². The maximum Gasteiger partial charge on any atom is 0.412 e. The van der Waals surface area contributed by atoms with Crippen molar-refractivity contribution < 1.29 is 28.5 Å². The third kappa shape index (κ3) is 9.79. The second-order valence-electron chi connectivity index (χ2n) is 13.2. The van der Waals surface area contributed by atoms with Gasteiger partial charge in [0, 0.05) is 36.7 Å². The van der Waals surface area contributed by atoms with Crippen molar-refractivity contribution in [2.75, 3.05) is 31.6 Å². The molecule has 1 saturated carbocycles. The third-order valence-electron chi connectivity index (χ3n) is 9.66. The van der Waals surface area contributed by atoms with Gasteiger partial charge in [-0.3, -0.25) is 10.2 Å². The highest BCUT2D eigenvalue weighted by Gasteiger charge is 2.60. The third-order valence-corrected chi connectivity index (χ3v) is 9.92. The number of rotatable bonds is 15. The number of ether oxygens (including phenoxy) is 5. The lowest BCUT2D eigenvalue weighted by atomic mass is 9.94. The summed E-state index contributed by atoms with van der Waals surface area (Å²) in [5, 5.41) is 3.48. The summed E-state index contributed by atoms with van der Waals surface area (Å²) in [4.78, 5) is 15.7. The molecular weight excluding hydrogens is 580 g/mol. The lowest BCUT2D eigenvalue weighted by Crippen LogP contribution is -2.50. The summed E-state index contributed by atoms with van der Waals surface area (Å²) in [6, 6.07) is 7.03. The van der Waals surface area contributed by atoms with Crippen LogP contribution in [0.3, 0.4) is 0 Å². The van der Waals surface area contributed by atoms with E-state index in [-0.39, 0.29) is 12.2 Å². The molecule has 9 heteroatoms. The Labute approximate surface area is 269 Å². The van der Waals surface area contributed by atoms with Crippen LogP contribution in [0.5, 0.6) is 0 Å². The molecule has 0 aromatic heterocycles. The van der Waals surface area contributed by atoms with E-state index < -0.39 is 30.4 Å². The van der Waals surface area contributed by atoms with E-state index in [9.17, 15) is 4.79 Å². The standard InChI is InChI=1S/C35H55ClN2O6/c1-2-3-4-5-6-7-10-16-25-40-31-30(42-33-32(31)43-35(44-33)21-12-11-13-22-35)29(26-38-23-14-8-9-15-24-38)41-34(39)37-28-19-17-27(36)18-20-28/h17-20,29-33H,2-16,21-26H2,1H3,(H,37,39)/t29-,30-,31+,32-,33-/m1/s1. The van der Waals surface area contributed by atoms with Crippen LogP contribution in [-0.2, 0) is 23.7 Å². The highest BCUT2D eigenvalue weighted by molar-refractivity contribution is 6.30. The molecule has 1 aromatic carbocycles. The molecule has 3 saturated heterocycles. The van der Waals surface area contributed by atoms with E-state index in [1.807, 2.05) is 0 Å². The number of anilines is 1. The molecule has 248 valence electrons. The van der Waals surface area contributed by atoms with Crippen LogP contribution in [0.1, 0.15) is 116 Å². The maximum absolute atomic E-state index is 13.3. The number of hydrogen-bond donors (Lipinski definition) is 1. The van der Waals surface area contributed by atoms with E-state index in [1.54, 1.807) is 24.3 Å². The van der Waals surface area contributed by atoms with Crippen molar-refractivity contribution in [3.05, 3.63) is 29.3 Å². The normalized spacial score (nSPS) is 27.6. The molecule has 3 aliphatic heterocycles. The quantitative estimate of drug-likeness (QED) is 0.194. The number of carbonyl (C=O) groups is 1. The molecule has 4 fully saturated rings. The average molecular weight is 635 g/mol. The van der Waals surface area contributed by atoms with Crippen LogP contribution in [-0.4, -0.2) is 73.7 Å². The molecule has 1 spiro atoms. The monoisotopic (exact) mass is 634 g/mol. The lowest BCUT2D eigenvalue weighted by molar-refractivity contribution is -0.256. The Hall–Kier alpha value is -1.42. The van der Waals surface area contributed by atoms with Crippen molar-refractivity contribution >= 4 is 23.4 Å². The van der Waals surface area contributed by atoms with Gasteiger partial charge in [-0.2, -0.15) is 0 Å². The van der Waals surface area contributed by atoms with Crippen LogP contribution in [0.25, 0.3) is 0 Å². The Bertz CT molecular complexity index is 982. The summed E-state index contributed by atoms with van der Waals surface area (Å²) in [5.74, 6) is -0.578. The number of fused-ring (bicyclic) bond motifs is 1. The summed E-state index contributed by atoms with van der Waals surface area (Å²) in [6.07, 6.45) is 17.1. The second kappa shape index (κ2) is 17.5. The lowest BCUT2D eigenvalue weighted by Gasteiger charge is -2.36. The Morgan fingerprint density at radius 1 is 0.932 bits per heavy atom. The summed E-state index contributed by atoms with van der Waals surface area (Å²) in [6.45, 7) is 5.44. The fourth-order valence-electron chi connectivity index (χ4n) is 7.23. The minimum Gasteiger partial charge on any atom is -0.442 e. The molecular formula is C35H55ClN2O6. The van der Waals surface area contributed by atoms with Crippen molar-refractivity contribution in [2.45, 2.75) is 153 Å². The number of benzene rings is 1. The summed E-state index contributed by atoms with van der Waals surface area (Å²) < 4.78 is 32.7. The maximum atomic E-state index is 13.3. The minimum absolute atomic E-state index is 0.332. The van der Waals surface area contributed by atoms with Gasteiger partial charge < -0.3 is 23.7 Å². The van der Waals surface area contributed by atoms with E-state index in [4.69, 9.17) is 35.3 Å². The molecule has 0 radical (unpaired) electrons. The molecule has 4 aliphatic rings. The number of nitrogens with zero attached hydrogens (tertiary/aromatic N) is 1. The first kappa shape index (κ1) is 33.9. The van der Waals surface area contributed by atoms with Crippen LogP contribution >= 0.6 is 11.6 Å². The smallest absolute Gasteiger partial charge is 0.412 e. The number of amides is 1. The topological polar surface area (TPSA) is 78.5 Å². The Morgan fingerprint density at radius 2 is 1.59 bits per heavy atom. The van der Waals surface area contributed by atoms with Gasteiger partial charge >= 0.3 is 6.09 Å². The molecule has 8 nitrogen and oxygen atoms in total. The van der Waals surface area contributed by atoms with E-state index in [1.165, 1.54) is 57.8 Å². The largest absolute Gasteiger partial charge is 0.442 e. The van der Waals surface area contributed by atoms with Gasteiger partial charge in [-0.05, 0) is 69.5 Å². The summed E-state index contributed by atoms with van der Waals surface area (Å²) >= 11 is 6.05. The van der Waals surface area contributed by atoms with Crippen LogP contribution in [0, 0.1) is 0 Å². The molecule has 1 N–H and O–H groups in total. The fourth-order valence-corrected chi connectivity index (χ4v) is 7.35. The van der Waals surface area contributed by atoms with Crippen LogP contribution in [0.15, 0.2) is 24.3 Å². The number of hydrogen-bond acceptors (Lipinski definition) is 7. The molecule has 1 amide bonds. The second-order valence-corrected chi connectivity index (χ2v) is 13.7. The van der Waals surface area contributed by atoms with Gasteiger partial charge in [-0.15, -0.1) is 0 Å². The zero-order valence-electron chi connectivity index (χ0n) is 26.8. The minimum atomic E-state index is -0.578. The van der Waals surface area contributed by atoms with Crippen LogP contribution in [0.4, 0.5) is 10.5 Å². The SMILES string of the molecule is CCCCCCCCCCO[C@@H]1[C@H]2OC3(CCCCC3)O[C@H]2O[C@@H]1[C@@H](CN1CCCCCC1)OC(=O)Nc1ccc(Cl)cc1. The Kier molecular flexibility index (Phi) is 13.5. The van der Waals surface area contributed by atoms with Crippen molar-refractivity contribution in [1.29, 1.82) is 0 Å². The van der Waals surface area contributed by atoms with Gasteiger partial charge in [0.25, 0.3) is 0 Å². The number of nitrogens with one attached hydrogen (secondary N) is 1. The molecule has 3 heterocycles. The van der Waals surface area contributed by atoms with Gasteiger partial charge in [0.2, 0.25) is 0 Å². The first-order chi connectivity index (χ1) is 21.5. The van der Waals surface area contributed by atoms with E-state index in [2.05, 4.69) is 17.1 Å². The summed E-state index contributed by atoms with van der Waals surface area (Å²) in [5.41, 5.74) is 0.630. The molecule has 5 atom stereocenters. The molecule has 5 rings (SSSR count). The summed E-state index contributed by atoms with van der Waals surface area (Å²) in [7, 11) is 0. The Balaban J connectivity index is 1.26. The molecule has 1 aliphatic carbocycles. The number of carbonyl (C=O) groups excluding carboxylic acids is 1. The van der Waals surface area contributed by atoms with Gasteiger partial charge in [-0.25, -0.2) is 4.79 Å². The number of unbranched alkanes of at least 4 members (excludes halogenated alkanes) is 7. The van der Waals surface area contributed by atoms with Gasteiger partial charge in [-0.1, -0.05) is 82.7 Å². The van der Waals surface area contributed by atoms with Crippen molar-refractivity contribution in [1.82, 2.24) is 4.90 Å². The zero-order valence-corrected chi connectivity index (χ0v) is 27.6. The van der Waals surface area contributed by atoms with Crippen LogP contribution in [0.2, 0.25) is 5.02 Å². The van der Waals surface area contributed by atoms with Gasteiger partial charge in [0.1, 0.15) is 24.4 Å². The average Bonchev–Trinajstić information content (AvgIpc) is 3.38. The highest BCUT2D eigenvalue weighted by atomic mass is 35.5. The van der Waals surface area contributed by atoms with Gasteiger partial charge in [0.15, 0.2) is 12.1 Å². The molecule has 44 heavy (non-hydrogen) atoms. The van der Waals surface area contributed by atoms with Crippen LogP contribution < -0.4 is 5.32 Å². The van der Waals surface area contributed by atoms with Crippen molar-refractivity contribution in [3.63, 3.8) is 0 Å². The predicted molar refractivity (Wildman–Crippen MR) is 173 cm³/mol. The van der Waals surface area contributed by atoms with Crippen molar-refractivity contribution in [2.24, 2.45) is 0 Å². The predicted octanol–water partition coefficient (Wildman–Crippen LogP) is 8.46. The first-order valence-electron chi connectivity index (χ1n) is 17.6. The van der Waals surface area contributed by atoms with E-state index in [0.717, 1.165) is 64.5 Å². The number of likely N-dealkylation sites (tertiary alicyclic amines) is 1. The van der Waals surface area contributed by atoms with Gasteiger partial charge in [0.05, 0.1) is 0 Å². The van der Waals surface area contributed by atoms with Crippen molar-refractivity contribution in [3.8, 4) is 0 Å². The number of halogens is 1. The molecule has 1 aromatic rings. The van der Waals surface area contributed by atoms with E-state index in [0.29, 0.717) is 23.9 Å². The fraction of sp³-hybridized carbons (Fsp3) is 0.800. The zero-order chi connectivity index (χ0) is 30.6. The highest BCUT2D eigenvalue weighted by Crippen LogP contribution is 2.46. The Morgan fingerprint density at radius 3 is 2.30 bits per heavy atom. The molecule has 0 bridgehead atoms. The molecule has 0 unspecified atom stereocenters. The first-order valence-corrected chi connectivity index (χ1v) is 18.0.